The molecule has 0 spiro atoms. The Morgan fingerprint density at radius 2 is 2.25 bits per heavy atom. The zero-order chi connectivity index (χ0) is 11.5. The van der Waals surface area contributed by atoms with Crippen molar-refractivity contribution >= 4 is 11.6 Å². The number of carbonyl (C=O) groups is 1. The van der Waals surface area contributed by atoms with Gasteiger partial charge in [-0.1, -0.05) is 0 Å². The van der Waals surface area contributed by atoms with E-state index in [4.69, 9.17) is 5.73 Å². The van der Waals surface area contributed by atoms with Crippen molar-refractivity contribution in [2.75, 3.05) is 12.4 Å². The monoisotopic (exact) mass is 217 g/mol. The highest BCUT2D eigenvalue weighted by Gasteiger charge is 2.05. The highest BCUT2D eigenvalue weighted by atomic mass is 16.1. The molecule has 82 valence electrons. The Morgan fingerprint density at radius 1 is 1.44 bits per heavy atom. The number of primary amides is 1. The van der Waals surface area contributed by atoms with Gasteiger partial charge in [-0.05, 0) is 6.07 Å². The van der Waals surface area contributed by atoms with E-state index in [1.807, 2.05) is 6.07 Å². The number of nitrogens with two attached hydrogens (primary N) is 1. The molecule has 0 aliphatic rings. The van der Waals surface area contributed by atoms with Crippen LogP contribution in [-0.4, -0.2) is 27.7 Å². The minimum Gasteiger partial charge on any atom is -0.387 e. The molecule has 1 amide bonds. The third-order valence-electron chi connectivity index (χ3n) is 2.14. The number of hydrogen-bond donors (Lipinski definition) is 2. The molecule has 0 aliphatic carbocycles. The zero-order valence-corrected chi connectivity index (χ0v) is 8.71. The second-order valence-electron chi connectivity index (χ2n) is 3.22. The highest BCUT2D eigenvalue weighted by molar-refractivity contribution is 5.92. The van der Waals surface area contributed by atoms with Crippen LogP contribution in [0.2, 0.25) is 0 Å². The molecule has 0 bridgehead atoms. The largest absolute Gasteiger partial charge is 0.387 e. The SMILES string of the molecule is CNc1cncc(-n2cc(C(N)=O)cn2)c1. The van der Waals surface area contributed by atoms with Crippen molar-refractivity contribution in [1.29, 1.82) is 0 Å². The standard InChI is InChI=1S/C10H11N5O/c1-12-8-2-9(5-13-4-8)15-6-7(3-14-15)10(11)16/h2-6,12H,1H3,(H2,11,16). The number of pyridine rings is 1. The fourth-order valence-electron chi connectivity index (χ4n) is 1.28. The average Bonchev–Trinajstić information content (AvgIpc) is 2.78. The second kappa shape index (κ2) is 4.01. The van der Waals surface area contributed by atoms with Gasteiger partial charge in [-0.15, -0.1) is 0 Å². The molecule has 6 nitrogen and oxygen atoms in total. The Hall–Kier alpha value is -2.37. The van der Waals surface area contributed by atoms with Gasteiger partial charge in [0.25, 0.3) is 5.91 Å². The quantitative estimate of drug-likeness (QED) is 0.779. The number of nitrogens with zero attached hydrogens (tertiary/aromatic N) is 3. The van der Waals surface area contributed by atoms with Crippen LogP contribution in [0.25, 0.3) is 5.69 Å². The Balaban J connectivity index is 2.38. The summed E-state index contributed by atoms with van der Waals surface area (Å²) in [5, 5.41) is 7.00. The van der Waals surface area contributed by atoms with E-state index in [-0.39, 0.29) is 0 Å². The van der Waals surface area contributed by atoms with Crippen molar-refractivity contribution in [2.24, 2.45) is 5.73 Å². The number of anilines is 1. The van der Waals surface area contributed by atoms with Gasteiger partial charge in [-0.2, -0.15) is 5.10 Å². The van der Waals surface area contributed by atoms with Gasteiger partial charge in [0.15, 0.2) is 0 Å². The van der Waals surface area contributed by atoms with E-state index in [2.05, 4.69) is 15.4 Å². The van der Waals surface area contributed by atoms with Crippen LogP contribution in [0.5, 0.6) is 0 Å². The van der Waals surface area contributed by atoms with Gasteiger partial charge in [0.1, 0.15) is 0 Å². The van der Waals surface area contributed by atoms with E-state index in [0.29, 0.717) is 5.56 Å². The van der Waals surface area contributed by atoms with Crippen molar-refractivity contribution in [3.8, 4) is 5.69 Å². The summed E-state index contributed by atoms with van der Waals surface area (Å²) in [5.74, 6) is -0.496. The van der Waals surface area contributed by atoms with Crippen LogP contribution in [0.3, 0.4) is 0 Å². The molecule has 0 unspecified atom stereocenters. The van der Waals surface area contributed by atoms with E-state index < -0.39 is 5.91 Å². The van der Waals surface area contributed by atoms with Gasteiger partial charge in [0.2, 0.25) is 0 Å². The van der Waals surface area contributed by atoms with Crippen molar-refractivity contribution in [1.82, 2.24) is 14.8 Å². The Kier molecular flexibility index (Phi) is 2.55. The Morgan fingerprint density at radius 3 is 2.88 bits per heavy atom. The molecule has 2 heterocycles. The first-order valence-corrected chi connectivity index (χ1v) is 4.68. The first-order chi connectivity index (χ1) is 7.70. The minimum atomic E-state index is -0.496. The smallest absolute Gasteiger partial charge is 0.251 e. The second-order valence-corrected chi connectivity index (χ2v) is 3.22. The van der Waals surface area contributed by atoms with Gasteiger partial charge in [-0.3, -0.25) is 9.78 Å². The predicted octanol–water partition coefficient (Wildman–Crippen LogP) is 0.408. The third-order valence-corrected chi connectivity index (χ3v) is 2.14. The molecule has 2 aromatic heterocycles. The average molecular weight is 217 g/mol. The molecular weight excluding hydrogens is 206 g/mol. The lowest BCUT2D eigenvalue weighted by molar-refractivity contribution is 0.100. The molecule has 0 radical (unpaired) electrons. The van der Waals surface area contributed by atoms with Crippen molar-refractivity contribution in [3.63, 3.8) is 0 Å². The normalized spacial score (nSPS) is 10.1. The number of amides is 1. The number of hydrogen-bond acceptors (Lipinski definition) is 4. The Labute approximate surface area is 92.1 Å². The van der Waals surface area contributed by atoms with Crippen LogP contribution in [0.1, 0.15) is 10.4 Å². The number of nitrogens with one attached hydrogen (secondary N) is 1. The van der Waals surface area contributed by atoms with Gasteiger partial charge in [0.05, 0.1) is 35.5 Å². The summed E-state index contributed by atoms with van der Waals surface area (Å²) in [6.07, 6.45) is 6.34. The lowest BCUT2D eigenvalue weighted by Crippen LogP contribution is -2.09. The van der Waals surface area contributed by atoms with Gasteiger partial charge < -0.3 is 11.1 Å². The molecule has 0 saturated carbocycles. The minimum absolute atomic E-state index is 0.370. The fraction of sp³-hybridized carbons (Fsp3) is 0.100. The molecular formula is C10H11N5O. The van der Waals surface area contributed by atoms with Crippen LogP contribution in [0.4, 0.5) is 5.69 Å². The van der Waals surface area contributed by atoms with Crippen molar-refractivity contribution in [3.05, 3.63) is 36.4 Å². The highest BCUT2D eigenvalue weighted by Crippen LogP contribution is 2.11. The van der Waals surface area contributed by atoms with E-state index in [0.717, 1.165) is 11.4 Å². The third kappa shape index (κ3) is 1.85. The first-order valence-electron chi connectivity index (χ1n) is 4.68. The van der Waals surface area contributed by atoms with E-state index in [1.165, 1.54) is 6.20 Å². The van der Waals surface area contributed by atoms with Crippen LogP contribution in [0.15, 0.2) is 30.9 Å². The van der Waals surface area contributed by atoms with E-state index in [9.17, 15) is 4.79 Å². The summed E-state index contributed by atoms with van der Waals surface area (Å²) in [4.78, 5) is 15.0. The van der Waals surface area contributed by atoms with E-state index >= 15 is 0 Å². The molecule has 0 saturated heterocycles. The lowest BCUT2D eigenvalue weighted by Gasteiger charge is -2.03. The van der Waals surface area contributed by atoms with Crippen LogP contribution in [0, 0.1) is 0 Å². The topological polar surface area (TPSA) is 85.8 Å². The zero-order valence-electron chi connectivity index (χ0n) is 8.71. The van der Waals surface area contributed by atoms with Gasteiger partial charge >= 0.3 is 0 Å². The number of carbonyl (C=O) groups excluding carboxylic acids is 1. The summed E-state index contributed by atoms with van der Waals surface area (Å²) < 4.78 is 1.55. The van der Waals surface area contributed by atoms with Crippen molar-refractivity contribution < 1.29 is 4.79 Å². The van der Waals surface area contributed by atoms with Gasteiger partial charge in [-0.25, -0.2) is 4.68 Å². The summed E-state index contributed by atoms with van der Waals surface area (Å²) in [5.41, 5.74) is 7.14. The molecule has 0 atom stereocenters. The molecule has 0 aromatic carbocycles. The number of rotatable bonds is 3. The molecule has 2 rings (SSSR count). The molecule has 6 heteroatoms. The number of aromatic nitrogens is 3. The van der Waals surface area contributed by atoms with Crippen LogP contribution < -0.4 is 11.1 Å². The lowest BCUT2D eigenvalue weighted by atomic mass is 10.3. The van der Waals surface area contributed by atoms with Crippen molar-refractivity contribution in [2.45, 2.75) is 0 Å². The van der Waals surface area contributed by atoms with Crippen LogP contribution in [-0.2, 0) is 0 Å². The van der Waals surface area contributed by atoms with E-state index in [1.54, 1.807) is 30.3 Å². The summed E-state index contributed by atoms with van der Waals surface area (Å²) >= 11 is 0. The van der Waals surface area contributed by atoms with Gasteiger partial charge in [0, 0.05) is 13.2 Å². The molecule has 16 heavy (non-hydrogen) atoms. The summed E-state index contributed by atoms with van der Waals surface area (Å²) in [6.45, 7) is 0. The first kappa shape index (κ1) is 10.2. The molecule has 2 aromatic rings. The fourth-order valence-corrected chi connectivity index (χ4v) is 1.28. The molecule has 3 N–H and O–H groups in total. The maximum atomic E-state index is 10.9. The summed E-state index contributed by atoms with van der Waals surface area (Å²) in [7, 11) is 1.80. The maximum Gasteiger partial charge on any atom is 0.251 e. The predicted molar refractivity (Wildman–Crippen MR) is 59.4 cm³/mol. The maximum absolute atomic E-state index is 10.9. The molecule has 0 aliphatic heterocycles. The van der Waals surface area contributed by atoms with Crippen LogP contribution >= 0.6 is 0 Å². The molecule has 0 fully saturated rings. The Bertz CT molecular complexity index is 519. The summed E-state index contributed by atoms with van der Waals surface area (Å²) in [6, 6.07) is 1.87.